The quantitative estimate of drug-likeness (QED) is 0.271. The van der Waals surface area contributed by atoms with Crippen molar-refractivity contribution < 1.29 is 4.74 Å². The van der Waals surface area contributed by atoms with Gasteiger partial charge in [-0.1, -0.05) is 72.0 Å². The van der Waals surface area contributed by atoms with Crippen LogP contribution in [0.15, 0.2) is 120 Å². The van der Waals surface area contributed by atoms with Gasteiger partial charge in [-0.2, -0.15) is 5.10 Å². The van der Waals surface area contributed by atoms with Crippen molar-refractivity contribution in [3.63, 3.8) is 0 Å². The second-order valence-corrected chi connectivity index (χ2v) is 10.2. The average Bonchev–Trinajstić information content (AvgIpc) is 3.66. The molecule has 3 aromatic heterocycles. The number of imidazole rings is 1. The summed E-state index contributed by atoms with van der Waals surface area (Å²) in [5.41, 5.74) is 6.18. The van der Waals surface area contributed by atoms with Crippen molar-refractivity contribution in [2.24, 2.45) is 0 Å². The molecule has 0 atom stereocenters. The van der Waals surface area contributed by atoms with E-state index in [1.807, 2.05) is 126 Å². The molecule has 0 aliphatic carbocycles. The van der Waals surface area contributed by atoms with Crippen LogP contribution < -0.4 is 14.8 Å². The van der Waals surface area contributed by atoms with Crippen molar-refractivity contribution in [2.45, 2.75) is 6.61 Å². The van der Waals surface area contributed by atoms with E-state index < -0.39 is 0 Å². The highest BCUT2D eigenvalue weighted by molar-refractivity contribution is 7.15. The first kappa shape index (κ1) is 23.1. The highest BCUT2D eigenvalue weighted by Gasteiger charge is 2.14. The second kappa shape index (κ2) is 9.70. The lowest BCUT2D eigenvalue weighted by Gasteiger charge is -2.07. The van der Waals surface area contributed by atoms with Gasteiger partial charge in [0.15, 0.2) is 4.96 Å². The monoisotopic (exact) mass is 526 g/mol. The molecule has 0 fully saturated rings. The van der Waals surface area contributed by atoms with Crippen LogP contribution in [0.4, 0.5) is 0 Å². The number of aromatic nitrogens is 4. The first-order valence-electron chi connectivity index (χ1n) is 12.6. The predicted molar refractivity (Wildman–Crippen MR) is 155 cm³/mol. The summed E-state index contributed by atoms with van der Waals surface area (Å²) in [5, 5.41) is 4.92. The minimum absolute atomic E-state index is 0.0771. The number of fused-ring (bicyclic) bond motifs is 3. The van der Waals surface area contributed by atoms with Gasteiger partial charge in [-0.3, -0.25) is 4.79 Å². The Bertz CT molecular complexity index is 2030. The van der Waals surface area contributed by atoms with Crippen molar-refractivity contribution in [1.82, 2.24) is 19.2 Å². The Hall–Kier alpha value is -5.01. The average molecular weight is 527 g/mol. The SMILES string of the molecule is O=c1c(=Cc2cn(-c3ccccc3)nc2-c2ccc(OCc3ccccc3)cc2)sc2nc3ccccc3n12. The third-order valence-electron chi connectivity index (χ3n) is 6.57. The molecule has 7 rings (SSSR count). The lowest BCUT2D eigenvalue weighted by Crippen LogP contribution is -2.22. The van der Waals surface area contributed by atoms with Gasteiger partial charge in [0.05, 0.1) is 21.3 Å². The van der Waals surface area contributed by atoms with E-state index >= 15 is 0 Å². The molecule has 4 aromatic carbocycles. The Balaban J connectivity index is 1.29. The third-order valence-corrected chi connectivity index (χ3v) is 7.54. The Morgan fingerprint density at radius 1 is 0.821 bits per heavy atom. The first-order valence-corrected chi connectivity index (χ1v) is 13.4. The Morgan fingerprint density at radius 2 is 1.54 bits per heavy atom. The molecule has 0 aliphatic rings. The van der Waals surface area contributed by atoms with Crippen LogP contribution in [0, 0.1) is 0 Å². The summed E-state index contributed by atoms with van der Waals surface area (Å²) >= 11 is 1.39. The minimum Gasteiger partial charge on any atom is -0.489 e. The molecule has 0 spiro atoms. The lowest BCUT2D eigenvalue weighted by molar-refractivity contribution is 0.306. The van der Waals surface area contributed by atoms with Crippen molar-refractivity contribution >= 4 is 33.4 Å². The third kappa shape index (κ3) is 4.39. The van der Waals surface area contributed by atoms with Gasteiger partial charge in [0, 0.05) is 17.3 Å². The van der Waals surface area contributed by atoms with E-state index in [2.05, 4.69) is 4.98 Å². The Morgan fingerprint density at radius 3 is 2.33 bits per heavy atom. The van der Waals surface area contributed by atoms with E-state index in [0.717, 1.165) is 44.9 Å². The van der Waals surface area contributed by atoms with E-state index in [1.165, 1.54) is 11.3 Å². The highest BCUT2D eigenvalue weighted by atomic mass is 32.1. The molecule has 7 aromatic rings. The van der Waals surface area contributed by atoms with Gasteiger partial charge in [0.1, 0.15) is 18.1 Å². The number of nitrogens with zero attached hydrogens (tertiary/aromatic N) is 4. The molecule has 0 bridgehead atoms. The van der Waals surface area contributed by atoms with Crippen LogP contribution in [0.2, 0.25) is 0 Å². The number of rotatable bonds is 6. The number of hydrogen-bond acceptors (Lipinski definition) is 5. The smallest absolute Gasteiger partial charge is 0.274 e. The maximum atomic E-state index is 13.4. The molecule has 0 radical (unpaired) electrons. The first-order chi connectivity index (χ1) is 19.2. The molecular weight excluding hydrogens is 504 g/mol. The zero-order chi connectivity index (χ0) is 26.2. The van der Waals surface area contributed by atoms with Gasteiger partial charge in [-0.25, -0.2) is 14.1 Å². The zero-order valence-electron chi connectivity index (χ0n) is 20.8. The molecular formula is C32H22N4O2S. The molecule has 0 saturated heterocycles. The fourth-order valence-corrected chi connectivity index (χ4v) is 5.61. The van der Waals surface area contributed by atoms with Crippen LogP contribution in [-0.4, -0.2) is 19.2 Å². The standard InChI is InChI=1S/C32H22N4O2S/c37-31-29(39-32-33-27-13-7-8-14-28(27)36(31)32)19-24-20-35(25-11-5-2-6-12-25)34-30(24)23-15-17-26(18-16-23)38-21-22-9-3-1-4-10-22/h1-20H,21H2. The van der Waals surface area contributed by atoms with E-state index in [-0.39, 0.29) is 5.56 Å². The zero-order valence-corrected chi connectivity index (χ0v) is 21.6. The molecule has 6 nitrogen and oxygen atoms in total. The van der Waals surface area contributed by atoms with Crippen LogP contribution in [0.25, 0.3) is 39.0 Å². The summed E-state index contributed by atoms with van der Waals surface area (Å²) in [6, 6.07) is 35.6. The summed E-state index contributed by atoms with van der Waals surface area (Å²) in [4.78, 5) is 18.8. The Labute approximate surface area is 227 Å². The summed E-state index contributed by atoms with van der Waals surface area (Å²) in [7, 11) is 0. The fraction of sp³-hybridized carbons (Fsp3) is 0.0312. The lowest BCUT2D eigenvalue weighted by atomic mass is 10.1. The number of para-hydroxylation sites is 3. The largest absolute Gasteiger partial charge is 0.489 e. The second-order valence-electron chi connectivity index (χ2n) is 9.15. The van der Waals surface area contributed by atoms with E-state index in [9.17, 15) is 4.79 Å². The van der Waals surface area contributed by atoms with Crippen LogP contribution in [0.3, 0.4) is 0 Å². The number of ether oxygens (including phenoxy) is 1. The molecule has 0 amide bonds. The van der Waals surface area contributed by atoms with Gasteiger partial charge < -0.3 is 4.74 Å². The summed E-state index contributed by atoms with van der Waals surface area (Å²) < 4.78 is 10.1. The summed E-state index contributed by atoms with van der Waals surface area (Å²) in [6.45, 7) is 0.503. The predicted octanol–water partition coefficient (Wildman–Crippen LogP) is 5.89. The minimum atomic E-state index is -0.0771. The molecule has 0 saturated carbocycles. The van der Waals surface area contributed by atoms with Crippen LogP contribution in [0.1, 0.15) is 11.1 Å². The maximum Gasteiger partial charge on any atom is 0.274 e. The fourth-order valence-electron chi connectivity index (χ4n) is 4.63. The normalized spacial score (nSPS) is 11.9. The van der Waals surface area contributed by atoms with E-state index in [4.69, 9.17) is 9.84 Å². The van der Waals surface area contributed by atoms with Gasteiger partial charge in [-0.15, -0.1) is 0 Å². The molecule has 3 heterocycles. The molecule has 39 heavy (non-hydrogen) atoms. The molecule has 188 valence electrons. The number of benzene rings is 4. The van der Waals surface area contributed by atoms with Gasteiger partial charge in [-0.05, 0) is 60.2 Å². The topological polar surface area (TPSA) is 61.4 Å². The van der Waals surface area contributed by atoms with Crippen LogP contribution >= 0.6 is 11.3 Å². The molecule has 0 unspecified atom stereocenters. The molecule has 0 N–H and O–H groups in total. The van der Waals surface area contributed by atoms with Gasteiger partial charge in [0.2, 0.25) is 0 Å². The van der Waals surface area contributed by atoms with Crippen LogP contribution in [-0.2, 0) is 6.61 Å². The summed E-state index contributed by atoms with van der Waals surface area (Å²) in [6.07, 6.45) is 3.88. The molecule has 7 heteroatoms. The number of hydrogen-bond donors (Lipinski definition) is 0. The maximum absolute atomic E-state index is 13.4. The van der Waals surface area contributed by atoms with Gasteiger partial charge in [0.25, 0.3) is 5.56 Å². The number of thiazole rings is 1. The van der Waals surface area contributed by atoms with E-state index in [0.29, 0.717) is 16.1 Å². The van der Waals surface area contributed by atoms with Crippen molar-refractivity contribution in [3.05, 3.63) is 141 Å². The summed E-state index contributed by atoms with van der Waals surface area (Å²) in [5.74, 6) is 0.781. The molecule has 0 aliphatic heterocycles. The van der Waals surface area contributed by atoms with Crippen molar-refractivity contribution in [2.75, 3.05) is 0 Å². The van der Waals surface area contributed by atoms with Gasteiger partial charge >= 0.3 is 0 Å². The Kier molecular flexibility index (Phi) is 5.75. The van der Waals surface area contributed by atoms with E-state index in [1.54, 1.807) is 4.40 Å². The van der Waals surface area contributed by atoms with Crippen molar-refractivity contribution in [3.8, 4) is 22.7 Å². The van der Waals surface area contributed by atoms with Crippen LogP contribution in [0.5, 0.6) is 5.75 Å². The van der Waals surface area contributed by atoms with Crippen molar-refractivity contribution in [1.29, 1.82) is 0 Å². The highest BCUT2D eigenvalue weighted by Crippen LogP contribution is 2.27.